The summed E-state index contributed by atoms with van der Waals surface area (Å²) in [7, 11) is 0. The Morgan fingerprint density at radius 3 is 2.43 bits per heavy atom. The molecule has 4 heteroatoms. The van der Waals surface area contributed by atoms with Crippen molar-refractivity contribution in [1.82, 2.24) is 10.2 Å². The number of carbonyl (C=O) groups excluding carboxylic acids is 2. The molecule has 0 aromatic rings. The van der Waals surface area contributed by atoms with Crippen molar-refractivity contribution in [3.63, 3.8) is 0 Å². The maximum absolute atomic E-state index is 12.7. The van der Waals surface area contributed by atoms with E-state index in [-0.39, 0.29) is 29.8 Å². The lowest BCUT2D eigenvalue weighted by Gasteiger charge is -2.40. The fourth-order valence-electron chi connectivity index (χ4n) is 3.71. The van der Waals surface area contributed by atoms with Gasteiger partial charge < -0.3 is 10.2 Å². The van der Waals surface area contributed by atoms with Gasteiger partial charge in [-0.05, 0) is 24.7 Å². The number of nitrogens with zero attached hydrogens (tertiary/aromatic N) is 1. The van der Waals surface area contributed by atoms with Gasteiger partial charge in [-0.3, -0.25) is 9.59 Å². The van der Waals surface area contributed by atoms with Gasteiger partial charge in [-0.2, -0.15) is 0 Å². The summed E-state index contributed by atoms with van der Waals surface area (Å²) in [5.74, 6) is 1.04. The maximum Gasteiger partial charge on any atom is 0.246 e. The highest BCUT2D eigenvalue weighted by molar-refractivity contribution is 5.97. The molecule has 0 spiro atoms. The average molecular weight is 294 g/mol. The van der Waals surface area contributed by atoms with Crippen LogP contribution in [0.25, 0.3) is 0 Å². The third-order valence-electron chi connectivity index (χ3n) is 5.08. The molecule has 2 atom stereocenters. The minimum absolute atomic E-state index is 0.0273. The van der Waals surface area contributed by atoms with Gasteiger partial charge in [0.1, 0.15) is 12.1 Å². The van der Waals surface area contributed by atoms with Crippen LogP contribution in [0.2, 0.25) is 0 Å². The summed E-state index contributed by atoms with van der Waals surface area (Å²) in [6.07, 6.45) is 8.34. The zero-order chi connectivity index (χ0) is 15.4. The van der Waals surface area contributed by atoms with Crippen molar-refractivity contribution < 1.29 is 9.59 Å². The van der Waals surface area contributed by atoms with Crippen molar-refractivity contribution in [3.8, 4) is 0 Å². The van der Waals surface area contributed by atoms with E-state index >= 15 is 0 Å². The molecule has 1 aliphatic heterocycles. The van der Waals surface area contributed by atoms with Crippen molar-refractivity contribution in [1.29, 1.82) is 0 Å². The third kappa shape index (κ3) is 3.78. The molecule has 1 N–H and O–H groups in total. The fraction of sp³-hybridized carbons (Fsp3) is 0.882. The van der Waals surface area contributed by atoms with E-state index in [1.165, 1.54) is 32.1 Å². The quantitative estimate of drug-likeness (QED) is 0.847. The molecule has 2 unspecified atom stereocenters. The van der Waals surface area contributed by atoms with Crippen LogP contribution in [0.4, 0.5) is 0 Å². The van der Waals surface area contributed by atoms with Crippen molar-refractivity contribution in [2.75, 3.05) is 6.54 Å². The van der Waals surface area contributed by atoms with E-state index in [9.17, 15) is 9.59 Å². The molecule has 0 aromatic heterocycles. The Morgan fingerprint density at radius 1 is 1.19 bits per heavy atom. The van der Waals surface area contributed by atoms with Crippen LogP contribution >= 0.6 is 0 Å². The molecule has 0 bridgehead atoms. The monoisotopic (exact) mass is 294 g/mol. The van der Waals surface area contributed by atoms with Crippen LogP contribution in [-0.2, 0) is 9.59 Å². The standard InChI is InChI=1S/C17H30N2O2/c1-4-14-16(20)18-15(12(2)3)17(21)19(14)11-10-13-8-6-5-7-9-13/h12-15H,4-11H2,1-3H3,(H,18,20). The van der Waals surface area contributed by atoms with Crippen LogP contribution in [0.15, 0.2) is 0 Å². The highest BCUT2D eigenvalue weighted by Crippen LogP contribution is 2.27. The van der Waals surface area contributed by atoms with E-state index in [0.29, 0.717) is 6.42 Å². The Labute approximate surface area is 128 Å². The fourth-order valence-corrected chi connectivity index (χ4v) is 3.71. The van der Waals surface area contributed by atoms with Gasteiger partial charge in [0.15, 0.2) is 0 Å². The lowest BCUT2D eigenvalue weighted by molar-refractivity contribution is -0.151. The number of piperazine rings is 1. The zero-order valence-corrected chi connectivity index (χ0v) is 13.7. The summed E-state index contributed by atoms with van der Waals surface area (Å²) in [6.45, 7) is 6.72. The maximum atomic E-state index is 12.7. The first-order chi connectivity index (χ1) is 10.0. The molecule has 21 heavy (non-hydrogen) atoms. The second-order valence-electron chi connectivity index (χ2n) is 6.98. The molecule has 120 valence electrons. The van der Waals surface area contributed by atoms with Gasteiger partial charge >= 0.3 is 0 Å². The van der Waals surface area contributed by atoms with Crippen LogP contribution in [0, 0.1) is 11.8 Å². The SMILES string of the molecule is CCC1C(=O)NC(C(C)C)C(=O)N1CCC1CCCCC1. The Kier molecular flexibility index (Phi) is 5.65. The number of amides is 2. The molecule has 1 saturated carbocycles. The molecule has 1 aliphatic carbocycles. The molecule has 2 amide bonds. The lowest BCUT2D eigenvalue weighted by atomic mass is 9.86. The number of carbonyl (C=O) groups is 2. The number of hydrogen-bond acceptors (Lipinski definition) is 2. The first-order valence-corrected chi connectivity index (χ1v) is 8.65. The van der Waals surface area contributed by atoms with Gasteiger partial charge in [-0.25, -0.2) is 0 Å². The van der Waals surface area contributed by atoms with E-state index in [1.54, 1.807) is 0 Å². The zero-order valence-electron chi connectivity index (χ0n) is 13.7. The summed E-state index contributed by atoms with van der Waals surface area (Å²) >= 11 is 0. The molecule has 1 saturated heterocycles. The number of rotatable bonds is 5. The minimum Gasteiger partial charge on any atom is -0.342 e. The summed E-state index contributed by atoms with van der Waals surface area (Å²) in [5.41, 5.74) is 0. The Balaban J connectivity index is 2.01. The summed E-state index contributed by atoms with van der Waals surface area (Å²) in [4.78, 5) is 26.8. The molecule has 2 rings (SSSR count). The van der Waals surface area contributed by atoms with Gasteiger partial charge in [0, 0.05) is 6.54 Å². The van der Waals surface area contributed by atoms with Gasteiger partial charge in [0.2, 0.25) is 11.8 Å². The molecular weight excluding hydrogens is 264 g/mol. The van der Waals surface area contributed by atoms with Crippen molar-refractivity contribution >= 4 is 11.8 Å². The van der Waals surface area contributed by atoms with Gasteiger partial charge in [0.25, 0.3) is 0 Å². The largest absolute Gasteiger partial charge is 0.342 e. The topological polar surface area (TPSA) is 49.4 Å². The third-order valence-corrected chi connectivity index (χ3v) is 5.08. The van der Waals surface area contributed by atoms with E-state index in [2.05, 4.69) is 5.32 Å². The van der Waals surface area contributed by atoms with Crippen molar-refractivity contribution in [3.05, 3.63) is 0 Å². The van der Waals surface area contributed by atoms with Crippen LogP contribution < -0.4 is 5.32 Å². The van der Waals surface area contributed by atoms with Gasteiger partial charge in [0.05, 0.1) is 0 Å². The van der Waals surface area contributed by atoms with Crippen LogP contribution in [0.1, 0.15) is 65.7 Å². The number of hydrogen-bond donors (Lipinski definition) is 1. The molecule has 0 radical (unpaired) electrons. The Bertz CT molecular complexity index is 375. The predicted molar refractivity (Wildman–Crippen MR) is 83.8 cm³/mol. The lowest BCUT2D eigenvalue weighted by Crippen LogP contribution is -2.64. The van der Waals surface area contributed by atoms with Gasteiger partial charge in [-0.1, -0.05) is 52.9 Å². The summed E-state index contributed by atoms with van der Waals surface area (Å²) in [5, 5.41) is 2.90. The Morgan fingerprint density at radius 2 is 1.86 bits per heavy atom. The molecular formula is C17H30N2O2. The molecule has 4 nitrogen and oxygen atoms in total. The molecule has 0 aromatic carbocycles. The molecule has 2 fully saturated rings. The van der Waals surface area contributed by atoms with Crippen LogP contribution in [0.3, 0.4) is 0 Å². The van der Waals surface area contributed by atoms with E-state index in [1.807, 2.05) is 25.7 Å². The summed E-state index contributed by atoms with van der Waals surface area (Å²) in [6, 6.07) is -0.609. The number of nitrogens with one attached hydrogen (secondary N) is 1. The second-order valence-corrected chi connectivity index (χ2v) is 6.98. The van der Waals surface area contributed by atoms with Crippen molar-refractivity contribution in [2.45, 2.75) is 77.8 Å². The van der Waals surface area contributed by atoms with E-state index in [4.69, 9.17) is 0 Å². The molecule has 1 heterocycles. The molecule has 2 aliphatic rings. The van der Waals surface area contributed by atoms with Crippen LogP contribution in [-0.4, -0.2) is 35.3 Å². The van der Waals surface area contributed by atoms with E-state index < -0.39 is 0 Å². The highest BCUT2D eigenvalue weighted by atomic mass is 16.2. The smallest absolute Gasteiger partial charge is 0.246 e. The van der Waals surface area contributed by atoms with Crippen LogP contribution in [0.5, 0.6) is 0 Å². The predicted octanol–water partition coefficient (Wildman–Crippen LogP) is 2.72. The minimum atomic E-state index is -0.341. The first kappa shape index (κ1) is 16.3. The average Bonchev–Trinajstić information content (AvgIpc) is 2.48. The summed E-state index contributed by atoms with van der Waals surface area (Å²) < 4.78 is 0. The second kappa shape index (κ2) is 7.28. The highest BCUT2D eigenvalue weighted by Gasteiger charge is 2.40. The van der Waals surface area contributed by atoms with E-state index in [0.717, 1.165) is 18.9 Å². The van der Waals surface area contributed by atoms with Gasteiger partial charge in [-0.15, -0.1) is 0 Å². The first-order valence-electron chi connectivity index (χ1n) is 8.65. The normalized spacial score (nSPS) is 28.1. The van der Waals surface area contributed by atoms with Crippen molar-refractivity contribution in [2.24, 2.45) is 11.8 Å². The Hall–Kier alpha value is -1.06.